The van der Waals surface area contributed by atoms with Crippen molar-refractivity contribution in [3.05, 3.63) is 0 Å². The monoisotopic (exact) mass is 171 g/mol. The van der Waals surface area contributed by atoms with Gasteiger partial charge in [-0.15, -0.1) is 0 Å². The highest BCUT2D eigenvalue weighted by atomic mass is 16.5. The molecule has 0 aromatic rings. The fourth-order valence-corrected chi connectivity index (χ4v) is 0.407. The van der Waals surface area contributed by atoms with E-state index in [0.29, 0.717) is 0 Å². The van der Waals surface area contributed by atoms with Crippen LogP contribution in [0.1, 0.15) is 0 Å². The maximum Gasteiger partial charge on any atom is 0.325 e. The Kier molecular flexibility index (Phi) is 5.09. The van der Waals surface area contributed by atoms with Gasteiger partial charge in [-0.2, -0.15) is 5.26 Å². The van der Waals surface area contributed by atoms with E-state index in [0.717, 1.165) is 0 Å². The van der Waals surface area contributed by atoms with Crippen LogP contribution < -0.4 is 10.6 Å². The van der Waals surface area contributed by atoms with E-state index < -0.39 is 12.0 Å². The summed E-state index contributed by atoms with van der Waals surface area (Å²) in [5, 5.41) is 12.4. The van der Waals surface area contributed by atoms with Gasteiger partial charge in [0.1, 0.15) is 13.1 Å². The van der Waals surface area contributed by atoms with Gasteiger partial charge in [-0.1, -0.05) is 0 Å². The maximum absolute atomic E-state index is 10.6. The number of nitrogens with zero attached hydrogens (tertiary/aromatic N) is 1. The summed E-state index contributed by atoms with van der Waals surface area (Å²) in [5.41, 5.74) is 0. The van der Waals surface area contributed by atoms with Crippen molar-refractivity contribution in [3.63, 3.8) is 0 Å². The zero-order valence-electron chi connectivity index (χ0n) is 6.59. The van der Waals surface area contributed by atoms with E-state index in [1.54, 1.807) is 6.07 Å². The van der Waals surface area contributed by atoms with Gasteiger partial charge >= 0.3 is 12.0 Å². The van der Waals surface area contributed by atoms with Gasteiger partial charge in [0, 0.05) is 0 Å². The lowest BCUT2D eigenvalue weighted by Gasteiger charge is -2.02. The van der Waals surface area contributed by atoms with Crippen LogP contribution >= 0.6 is 0 Å². The molecule has 2 amide bonds. The van der Waals surface area contributed by atoms with Gasteiger partial charge in [0.05, 0.1) is 13.2 Å². The Hall–Kier alpha value is -1.77. The first-order valence-electron chi connectivity index (χ1n) is 3.16. The highest BCUT2D eigenvalue weighted by molar-refractivity contribution is 5.80. The number of hydrogen-bond donors (Lipinski definition) is 2. The predicted molar refractivity (Wildman–Crippen MR) is 39.0 cm³/mol. The van der Waals surface area contributed by atoms with Crippen molar-refractivity contribution >= 4 is 12.0 Å². The van der Waals surface area contributed by atoms with E-state index in [9.17, 15) is 9.59 Å². The first kappa shape index (κ1) is 10.2. The smallest absolute Gasteiger partial charge is 0.325 e. The molecule has 12 heavy (non-hydrogen) atoms. The van der Waals surface area contributed by atoms with Gasteiger partial charge in [-0.3, -0.25) is 4.79 Å². The zero-order valence-corrected chi connectivity index (χ0v) is 6.59. The van der Waals surface area contributed by atoms with E-state index >= 15 is 0 Å². The molecule has 6 heteroatoms. The standard InChI is InChI=1S/C6H9N3O3/c1-12-5(10)4-9-6(11)8-3-2-7/h3-4H2,1H3,(H2,8,9,11). The lowest BCUT2D eigenvalue weighted by Crippen LogP contribution is -2.38. The van der Waals surface area contributed by atoms with Crippen LogP contribution in [0.3, 0.4) is 0 Å². The molecule has 0 saturated carbocycles. The normalized spacial score (nSPS) is 8.00. The summed E-state index contributed by atoms with van der Waals surface area (Å²) in [6, 6.07) is 1.14. The van der Waals surface area contributed by atoms with Crippen LogP contribution in [0.25, 0.3) is 0 Å². The molecule has 2 N–H and O–H groups in total. The minimum Gasteiger partial charge on any atom is -0.468 e. The highest BCUT2D eigenvalue weighted by Crippen LogP contribution is 1.70. The van der Waals surface area contributed by atoms with Crippen LogP contribution in [0.2, 0.25) is 0 Å². The number of nitriles is 1. The number of rotatable bonds is 3. The predicted octanol–water partition coefficient (Wildman–Crippen LogP) is -1.02. The molecule has 6 nitrogen and oxygen atoms in total. The van der Waals surface area contributed by atoms with Crippen molar-refractivity contribution in [2.24, 2.45) is 0 Å². The largest absolute Gasteiger partial charge is 0.468 e. The molecule has 0 aromatic carbocycles. The molecule has 0 radical (unpaired) electrons. The van der Waals surface area contributed by atoms with Crippen molar-refractivity contribution in [3.8, 4) is 6.07 Å². The third-order valence-electron chi connectivity index (χ3n) is 0.949. The summed E-state index contributed by atoms with van der Waals surface area (Å²) in [5.74, 6) is -0.540. The molecule has 0 aliphatic carbocycles. The lowest BCUT2D eigenvalue weighted by atomic mass is 10.6. The Morgan fingerprint density at radius 2 is 2.17 bits per heavy atom. The fraction of sp³-hybridized carbons (Fsp3) is 0.500. The van der Waals surface area contributed by atoms with E-state index in [-0.39, 0.29) is 13.1 Å². The summed E-state index contributed by atoms with van der Waals surface area (Å²) >= 11 is 0. The van der Waals surface area contributed by atoms with Crippen LogP contribution in [-0.2, 0) is 9.53 Å². The van der Waals surface area contributed by atoms with Crippen molar-refractivity contribution < 1.29 is 14.3 Å². The second kappa shape index (κ2) is 5.97. The molecule has 0 aliphatic rings. The molecule has 0 aliphatic heterocycles. The number of nitrogens with one attached hydrogen (secondary N) is 2. The van der Waals surface area contributed by atoms with Gasteiger partial charge in [0.15, 0.2) is 0 Å². The number of hydrogen-bond acceptors (Lipinski definition) is 4. The third-order valence-corrected chi connectivity index (χ3v) is 0.949. The quantitative estimate of drug-likeness (QED) is 0.420. The van der Waals surface area contributed by atoms with E-state index in [1.165, 1.54) is 7.11 Å². The molecule has 0 unspecified atom stereocenters. The molecule has 0 aromatic heterocycles. The van der Waals surface area contributed by atoms with Crippen molar-refractivity contribution in [2.45, 2.75) is 0 Å². The average Bonchev–Trinajstić information content (AvgIpc) is 2.10. The number of urea groups is 1. The van der Waals surface area contributed by atoms with Gasteiger partial charge < -0.3 is 15.4 Å². The molecule has 0 saturated heterocycles. The molecular weight excluding hydrogens is 162 g/mol. The molecule has 0 atom stereocenters. The van der Waals surface area contributed by atoms with E-state index in [1.807, 2.05) is 0 Å². The molecule has 0 bridgehead atoms. The Bertz CT molecular complexity index is 209. The first-order chi connectivity index (χ1) is 5.70. The summed E-state index contributed by atoms with van der Waals surface area (Å²) in [4.78, 5) is 21.1. The van der Waals surface area contributed by atoms with Crippen molar-refractivity contribution in [2.75, 3.05) is 20.2 Å². The van der Waals surface area contributed by atoms with Crippen molar-refractivity contribution in [1.82, 2.24) is 10.6 Å². The average molecular weight is 171 g/mol. The molecular formula is C6H9N3O3. The summed E-state index contributed by atoms with van der Waals surface area (Å²) in [6.07, 6.45) is 0. The summed E-state index contributed by atoms with van der Waals surface area (Å²) < 4.78 is 4.26. The Labute approximate surface area is 69.5 Å². The van der Waals surface area contributed by atoms with Crippen LogP contribution in [0, 0.1) is 11.3 Å². The molecule has 66 valence electrons. The van der Waals surface area contributed by atoms with Crippen molar-refractivity contribution in [1.29, 1.82) is 5.26 Å². The Balaban J connectivity index is 3.45. The fourth-order valence-electron chi connectivity index (χ4n) is 0.407. The number of ether oxygens (including phenoxy) is 1. The second-order valence-corrected chi connectivity index (χ2v) is 1.77. The topological polar surface area (TPSA) is 91.2 Å². The zero-order chi connectivity index (χ0) is 9.40. The van der Waals surface area contributed by atoms with Gasteiger partial charge in [-0.05, 0) is 0 Å². The summed E-state index contributed by atoms with van der Waals surface area (Å²) in [7, 11) is 1.22. The van der Waals surface area contributed by atoms with Crippen LogP contribution in [0.15, 0.2) is 0 Å². The van der Waals surface area contributed by atoms with Gasteiger partial charge in [0.2, 0.25) is 0 Å². The van der Waals surface area contributed by atoms with Crippen LogP contribution in [0.5, 0.6) is 0 Å². The molecule has 0 fully saturated rings. The van der Waals surface area contributed by atoms with Gasteiger partial charge in [0.25, 0.3) is 0 Å². The molecule has 0 spiro atoms. The number of carbonyl (C=O) groups excluding carboxylic acids is 2. The maximum atomic E-state index is 10.6. The summed E-state index contributed by atoms with van der Waals surface area (Å²) in [6.45, 7) is -0.291. The minimum absolute atomic E-state index is 0.0903. The number of carbonyl (C=O) groups is 2. The third kappa shape index (κ3) is 5.05. The second-order valence-electron chi connectivity index (χ2n) is 1.77. The SMILES string of the molecule is COC(=O)CNC(=O)NCC#N. The lowest BCUT2D eigenvalue weighted by molar-refractivity contribution is -0.139. The van der Waals surface area contributed by atoms with Crippen LogP contribution in [0.4, 0.5) is 4.79 Å². The Morgan fingerprint density at radius 1 is 1.50 bits per heavy atom. The highest BCUT2D eigenvalue weighted by Gasteiger charge is 2.02. The minimum atomic E-state index is -0.568. The molecule has 0 heterocycles. The number of methoxy groups -OCH3 is 1. The molecule has 0 rings (SSSR count). The van der Waals surface area contributed by atoms with E-state index in [2.05, 4.69) is 15.4 Å². The van der Waals surface area contributed by atoms with Crippen LogP contribution in [-0.4, -0.2) is 32.2 Å². The number of esters is 1. The number of amides is 2. The Morgan fingerprint density at radius 3 is 2.67 bits per heavy atom. The van der Waals surface area contributed by atoms with Gasteiger partial charge in [-0.25, -0.2) is 4.79 Å². The first-order valence-corrected chi connectivity index (χ1v) is 3.16. The van der Waals surface area contributed by atoms with E-state index in [4.69, 9.17) is 5.26 Å².